The van der Waals surface area contributed by atoms with E-state index in [2.05, 4.69) is 0 Å². The normalized spacial score (nSPS) is 11.8. The van der Waals surface area contributed by atoms with Gasteiger partial charge in [-0.25, -0.2) is 8.42 Å². The zero-order chi connectivity index (χ0) is 14.6. The Balaban J connectivity index is 2.99. The lowest BCUT2D eigenvalue weighted by Gasteiger charge is -2.18. The van der Waals surface area contributed by atoms with Gasteiger partial charge in [0.1, 0.15) is 10.8 Å². The molecule has 108 valence electrons. The first-order valence-corrected chi connectivity index (χ1v) is 8.38. The lowest BCUT2D eigenvalue weighted by molar-refractivity contribution is -0.143. The van der Waals surface area contributed by atoms with Crippen molar-refractivity contribution >= 4 is 38.9 Å². The van der Waals surface area contributed by atoms with E-state index >= 15 is 0 Å². The van der Waals surface area contributed by atoms with Crippen LogP contribution in [0.3, 0.4) is 0 Å². The van der Waals surface area contributed by atoms with Crippen LogP contribution in [0.15, 0.2) is 10.3 Å². The Morgan fingerprint density at radius 1 is 1.47 bits per heavy atom. The summed E-state index contributed by atoms with van der Waals surface area (Å²) in [6.07, 6.45) is 0. The van der Waals surface area contributed by atoms with Crippen molar-refractivity contribution in [2.45, 2.75) is 25.0 Å². The van der Waals surface area contributed by atoms with Crippen LogP contribution in [0.2, 0.25) is 4.34 Å². The second-order valence-electron chi connectivity index (χ2n) is 3.76. The fourth-order valence-corrected chi connectivity index (χ4v) is 4.66. The van der Waals surface area contributed by atoms with Crippen LogP contribution in [-0.2, 0) is 19.6 Å². The molecule has 0 aliphatic heterocycles. The first kappa shape index (κ1) is 16.4. The van der Waals surface area contributed by atoms with Crippen molar-refractivity contribution in [2.75, 3.05) is 19.7 Å². The number of carbonyl (C=O) groups is 1. The topological polar surface area (TPSA) is 63.7 Å². The quantitative estimate of drug-likeness (QED) is 0.753. The number of sulfonamides is 1. The van der Waals surface area contributed by atoms with Crippen molar-refractivity contribution in [1.82, 2.24) is 4.31 Å². The van der Waals surface area contributed by atoms with Gasteiger partial charge in [-0.2, -0.15) is 4.31 Å². The Hall–Kier alpha value is -0.630. The van der Waals surface area contributed by atoms with Gasteiger partial charge in [0, 0.05) is 6.54 Å². The Morgan fingerprint density at radius 3 is 2.53 bits per heavy atom. The summed E-state index contributed by atoms with van der Waals surface area (Å²) in [6.45, 7) is 5.20. The van der Waals surface area contributed by atoms with E-state index in [0.717, 1.165) is 15.6 Å². The molecule has 0 unspecified atom stereocenters. The predicted molar refractivity (Wildman–Crippen MR) is 75.1 cm³/mol. The number of hydrogen-bond donors (Lipinski definition) is 0. The molecule has 1 heterocycles. The molecule has 0 saturated heterocycles. The van der Waals surface area contributed by atoms with Crippen molar-refractivity contribution in [3.63, 3.8) is 0 Å². The maximum atomic E-state index is 12.3. The number of rotatable bonds is 6. The monoisotopic (exact) mass is 325 g/mol. The minimum absolute atomic E-state index is 0.140. The number of carbonyl (C=O) groups excluding carboxylic acids is 1. The van der Waals surface area contributed by atoms with Gasteiger partial charge in [-0.15, -0.1) is 11.3 Å². The van der Waals surface area contributed by atoms with E-state index in [1.165, 1.54) is 6.07 Å². The van der Waals surface area contributed by atoms with E-state index in [9.17, 15) is 13.2 Å². The maximum Gasteiger partial charge on any atom is 0.321 e. The third-order valence-corrected chi connectivity index (χ3v) is 6.32. The smallest absolute Gasteiger partial charge is 0.321 e. The van der Waals surface area contributed by atoms with Gasteiger partial charge in [-0.3, -0.25) is 4.79 Å². The minimum Gasteiger partial charge on any atom is -0.465 e. The number of ether oxygens (including phenoxy) is 1. The summed E-state index contributed by atoms with van der Waals surface area (Å²) >= 11 is 6.87. The summed E-state index contributed by atoms with van der Waals surface area (Å²) in [5, 5.41) is 0. The van der Waals surface area contributed by atoms with Crippen LogP contribution in [0.5, 0.6) is 0 Å². The van der Waals surface area contributed by atoms with Crippen LogP contribution < -0.4 is 0 Å². The van der Waals surface area contributed by atoms with Crippen LogP contribution in [-0.4, -0.2) is 38.4 Å². The van der Waals surface area contributed by atoms with Gasteiger partial charge >= 0.3 is 5.97 Å². The first-order valence-electron chi connectivity index (χ1n) is 5.74. The fourth-order valence-electron chi connectivity index (χ4n) is 1.40. The third-order valence-electron chi connectivity index (χ3n) is 2.39. The number of esters is 1. The fraction of sp³-hybridized carbons (Fsp3) is 0.545. The van der Waals surface area contributed by atoms with E-state index in [1.54, 1.807) is 20.8 Å². The predicted octanol–water partition coefficient (Wildman–Crippen LogP) is 2.28. The third kappa shape index (κ3) is 3.92. The number of thiophene rings is 1. The second-order valence-corrected chi connectivity index (χ2v) is 7.58. The summed E-state index contributed by atoms with van der Waals surface area (Å²) in [5.41, 5.74) is 0.706. The number of nitrogens with zero attached hydrogens (tertiary/aromatic N) is 1. The lowest BCUT2D eigenvalue weighted by atomic mass is 10.4. The first-order chi connectivity index (χ1) is 8.82. The van der Waals surface area contributed by atoms with Crippen LogP contribution >= 0.6 is 22.9 Å². The summed E-state index contributed by atoms with van der Waals surface area (Å²) in [5.74, 6) is -0.563. The Kier molecular flexibility index (Phi) is 5.79. The number of halogens is 1. The molecule has 19 heavy (non-hydrogen) atoms. The molecule has 1 rings (SSSR count). The number of likely N-dealkylation sites (N-methyl/N-ethyl adjacent to an activating group) is 1. The average molecular weight is 326 g/mol. The van der Waals surface area contributed by atoms with Gasteiger partial charge < -0.3 is 4.74 Å². The Labute approximate surface area is 122 Å². The van der Waals surface area contributed by atoms with Gasteiger partial charge in [-0.1, -0.05) is 18.5 Å². The van der Waals surface area contributed by atoms with E-state index in [-0.39, 0.29) is 23.9 Å². The highest BCUT2D eigenvalue weighted by atomic mass is 35.5. The number of hydrogen-bond acceptors (Lipinski definition) is 5. The van der Waals surface area contributed by atoms with Crippen LogP contribution in [0.25, 0.3) is 0 Å². The van der Waals surface area contributed by atoms with Crippen LogP contribution in [0.1, 0.15) is 19.4 Å². The Bertz CT molecular complexity index is 534. The van der Waals surface area contributed by atoms with E-state index in [0.29, 0.717) is 9.90 Å². The highest BCUT2D eigenvalue weighted by Gasteiger charge is 2.27. The summed E-state index contributed by atoms with van der Waals surface area (Å²) in [6, 6.07) is 1.51. The molecule has 5 nitrogen and oxygen atoms in total. The van der Waals surface area contributed by atoms with Gasteiger partial charge in [-0.05, 0) is 25.5 Å². The van der Waals surface area contributed by atoms with E-state index < -0.39 is 16.0 Å². The van der Waals surface area contributed by atoms with Crippen molar-refractivity contribution in [2.24, 2.45) is 0 Å². The molecule has 0 radical (unpaired) electrons. The van der Waals surface area contributed by atoms with Crippen molar-refractivity contribution < 1.29 is 17.9 Å². The molecule has 0 bridgehead atoms. The standard InChI is InChI=1S/C11H16ClNO4S2/c1-4-13(7-9(14)17-5-2)19(15,16)10-6-8(3)11(12)18-10/h6H,4-5,7H2,1-3H3. The minimum atomic E-state index is -3.70. The summed E-state index contributed by atoms with van der Waals surface area (Å²) < 4.78 is 31.1. The highest BCUT2D eigenvalue weighted by Crippen LogP contribution is 2.31. The molecule has 0 aliphatic rings. The second kappa shape index (κ2) is 6.69. The SMILES string of the molecule is CCOC(=O)CN(CC)S(=O)(=O)c1cc(C)c(Cl)s1. The van der Waals surface area contributed by atoms with E-state index in [1.807, 2.05) is 0 Å². The van der Waals surface area contributed by atoms with Crippen molar-refractivity contribution in [1.29, 1.82) is 0 Å². The van der Waals surface area contributed by atoms with E-state index in [4.69, 9.17) is 16.3 Å². The molecule has 0 spiro atoms. The molecule has 1 aromatic rings. The molecule has 0 amide bonds. The summed E-state index contributed by atoms with van der Waals surface area (Å²) in [7, 11) is -3.70. The molecular formula is C11H16ClNO4S2. The van der Waals surface area contributed by atoms with Gasteiger partial charge in [0.15, 0.2) is 0 Å². The molecule has 0 atom stereocenters. The van der Waals surface area contributed by atoms with Gasteiger partial charge in [0.05, 0.1) is 10.9 Å². The molecule has 0 aromatic carbocycles. The zero-order valence-electron chi connectivity index (χ0n) is 11.0. The molecule has 0 fully saturated rings. The van der Waals surface area contributed by atoms with Gasteiger partial charge in [0.2, 0.25) is 0 Å². The number of aryl methyl sites for hydroxylation is 1. The molecule has 1 aromatic heterocycles. The van der Waals surface area contributed by atoms with Crippen LogP contribution in [0.4, 0.5) is 0 Å². The highest BCUT2D eigenvalue weighted by molar-refractivity contribution is 7.91. The molecule has 0 saturated carbocycles. The van der Waals surface area contributed by atoms with Crippen molar-refractivity contribution in [3.05, 3.63) is 16.0 Å². The zero-order valence-corrected chi connectivity index (χ0v) is 13.4. The largest absolute Gasteiger partial charge is 0.465 e. The lowest BCUT2D eigenvalue weighted by Crippen LogP contribution is -2.35. The maximum absolute atomic E-state index is 12.3. The van der Waals surface area contributed by atoms with Crippen LogP contribution in [0, 0.1) is 6.92 Å². The average Bonchev–Trinajstić information content (AvgIpc) is 2.67. The molecule has 8 heteroatoms. The van der Waals surface area contributed by atoms with Crippen molar-refractivity contribution in [3.8, 4) is 0 Å². The summed E-state index contributed by atoms with van der Waals surface area (Å²) in [4.78, 5) is 11.4. The molecular weight excluding hydrogens is 310 g/mol. The molecule has 0 aliphatic carbocycles. The molecule has 0 N–H and O–H groups in total. The van der Waals surface area contributed by atoms with Gasteiger partial charge in [0.25, 0.3) is 10.0 Å². The Morgan fingerprint density at radius 2 is 2.11 bits per heavy atom.